The van der Waals surface area contributed by atoms with Crippen LogP contribution < -0.4 is 0 Å². The molecule has 0 fully saturated rings. The quantitative estimate of drug-likeness (QED) is 0.171. The fraction of sp³-hybridized carbons (Fsp3) is 0.143. The normalized spacial score (nSPS) is 11.8. The topological polar surface area (TPSA) is 27.7 Å². The van der Waals surface area contributed by atoms with Gasteiger partial charge < -0.3 is 4.57 Å². The minimum atomic E-state index is -0.323. The van der Waals surface area contributed by atoms with Crippen molar-refractivity contribution in [3.8, 4) is 11.5 Å². The summed E-state index contributed by atoms with van der Waals surface area (Å²) in [6.07, 6.45) is 4.00. The van der Waals surface area contributed by atoms with E-state index in [1.165, 1.54) is 21.9 Å². The summed E-state index contributed by atoms with van der Waals surface area (Å²) in [5, 5.41) is 2.38. The number of aromatic nitrogens is 4. The number of nitrogens with zero attached hydrogens (tertiary/aromatic N) is 4. The van der Waals surface area contributed by atoms with Gasteiger partial charge in [-0.05, 0) is 53.6 Å². The van der Waals surface area contributed by atoms with E-state index in [2.05, 4.69) is 145 Å². The minimum absolute atomic E-state index is 0. The van der Waals surface area contributed by atoms with E-state index in [1.807, 2.05) is 12.3 Å². The van der Waals surface area contributed by atoms with Crippen LogP contribution in [0.25, 0.3) is 44.3 Å². The van der Waals surface area contributed by atoms with Gasteiger partial charge in [0.05, 0.1) is 0 Å². The average Bonchev–Trinajstić information content (AvgIpc) is 3.48. The number of para-hydroxylation sites is 3. The zero-order chi connectivity index (χ0) is 26.7. The molecule has 5 heteroatoms. The fourth-order valence-corrected chi connectivity index (χ4v) is 5.70. The third-order valence-electron chi connectivity index (χ3n) is 7.91. The standard InChI is InChI=1S/C35H29N4.Pt/c1-24-18-19-36-34(20-24)39-30-13-6-5-12-28(30)29-17-16-26(22-33(29)39)35(2,3)25-10-9-11-27(21-25)38-23-37(4)31-14-7-8-15-32(31)38;/h5-20,23H,1-4H3;/q-1;. The Labute approximate surface area is 248 Å². The van der Waals surface area contributed by atoms with Gasteiger partial charge in [0.2, 0.25) is 0 Å². The van der Waals surface area contributed by atoms with Crippen LogP contribution in [0.4, 0.5) is 0 Å². The van der Waals surface area contributed by atoms with Crippen molar-refractivity contribution in [3.05, 3.63) is 132 Å². The molecule has 7 aromatic rings. The Kier molecular flexibility index (Phi) is 6.47. The third kappa shape index (κ3) is 4.10. The summed E-state index contributed by atoms with van der Waals surface area (Å²) < 4.78 is 6.60. The average molecular weight is 701 g/mol. The summed E-state index contributed by atoms with van der Waals surface area (Å²) in [5.41, 5.74) is 8.64. The van der Waals surface area contributed by atoms with Gasteiger partial charge in [0.1, 0.15) is 5.82 Å². The van der Waals surface area contributed by atoms with Crippen LogP contribution in [0.1, 0.15) is 30.5 Å². The third-order valence-corrected chi connectivity index (χ3v) is 7.91. The molecule has 7 rings (SSSR count). The van der Waals surface area contributed by atoms with E-state index in [4.69, 9.17) is 4.98 Å². The van der Waals surface area contributed by atoms with E-state index >= 15 is 0 Å². The van der Waals surface area contributed by atoms with Gasteiger partial charge in [-0.15, -0.1) is 23.1 Å². The second-order valence-electron chi connectivity index (χ2n) is 10.8. The summed E-state index contributed by atoms with van der Waals surface area (Å²) in [7, 11) is 2.08. The molecule has 200 valence electrons. The van der Waals surface area contributed by atoms with Gasteiger partial charge in [-0.2, -0.15) is 35.9 Å². The summed E-state index contributed by atoms with van der Waals surface area (Å²) in [5.74, 6) is 0.910. The number of rotatable bonds is 4. The van der Waals surface area contributed by atoms with Crippen molar-refractivity contribution in [2.45, 2.75) is 26.2 Å². The van der Waals surface area contributed by atoms with Crippen molar-refractivity contribution in [2.75, 3.05) is 0 Å². The molecule has 0 spiro atoms. The first-order valence-corrected chi connectivity index (χ1v) is 13.3. The van der Waals surface area contributed by atoms with Crippen molar-refractivity contribution < 1.29 is 21.1 Å². The van der Waals surface area contributed by atoms with Crippen molar-refractivity contribution in [1.82, 2.24) is 18.7 Å². The molecule has 0 aliphatic rings. The Bertz CT molecular complexity index is 2030. The zero-order valence-corrected chi connectivity index (χ0v) is 25.2. The molecule has 0 aliphatic heterocycles. The van der Waals surface area contributed by atoms with E-state index in [-0.39, 0.29) is 26.5 Å². The molecule has 4 nitrogen and oxygen atoms in total. The van der Waals surface area contributed by atoms with Crippen molar-refractivity contribution in [1.29, 1.82) is 0 Å². The Morgan fingerprint density at radius 2 is 1.48 bits per heavy atom. The van der Waals surface area contributed by atoms with Gasteiger partial charge in [-0.3, -0.25) is 0 Å². The predicted molar refractivity (Wildman–Crippen MR) is 160 cm³/mol. The number of aryl methyl sites for hydroxylation is 2. The van der Waals surface area contributed by atoms with Gasteiger partial charge in [-0.1, -0.05) is 37.6 Å². The second kappa shape index (κ2) is 9.87. The molecule has 4 aromatic carbocycles. The Balaban J connectivity index is 0.00000289. The van der Waals surface area contributed by atoms with Gasteiger partial charge in [0.25, 0.3) is 0 Å². The van der Waals surface area contributed by atoms with E-state index in [0.29, 0.717) is 0 Å². The molecule has 0 N–H and O–H groups in total. The number of fused-ring (bicyclic) bond motifs is 4. The molecule has 0 amide bonds. The first-order valence-electron chi connectivity index (χ1n) is 13.3. The van der Waals surface area contributed by atoms with Crippen LogP contribution in [0, 0.1) is 19.1 Å². The summed E-state index contributed by atoms with van der Waals surface area (Å²) >= 11 is 0. The first kappa shape index (κ1) is 26.2. The summed E-state index contributed by atoms with van der Waals surface area (Å²) in [6, 6.07) is 39.6. The zero-order valence-electron chi connectivity index (χ0n) is 22.9. The number of hydrogen-bond acceptors (Lipinski definition) is 1. The maximum Gasteiger partial charge on any atom is 0.188 e. The van der Waals surface area contributed by atoms with E-state index in [9.17, 15) is 0 Å². The molecule has 0 aliphatic carbocycles. The molecule has 0 radical (unpaired) electrons. The molecule has 3 aromatic heterocycles. The molecule has 3 heterocycles. The van der Waals surface area contributed by atoms with Gasteiger partial charge in [0.15, 0.2) is 17.4 Å². The molecule has 0 unspecified atom stereocenters. The van der Waals surface area contributed by atoms with E-state index in [1.54, 1.807) is 0 Å². The van der Waals surface area contributed by atoms with Gasteiger partial charge in [-0.25, -0.2) is 14.1 Å². The smallest absolute Gasteiger partial charge is 0.188 e. The van der Waals surface area contributed by atoms with E-state index in [0.717, 1.165) is 39.2 Å². The Hall–Kier alpha value is -4.01. The number of hydrogen-bond donors (Lipinski definition) is 0. The molecule has 0 bridgehead atoms. The van der Waals surface area contributed by atoms with Crippen molar-refractivity contribution in [2.24, 2.45) is 7.05 Å². The molecule has 0 saturated carbocycles. The molecule has 0 atom stereocenters. The molecular formula is C35H29N4Pt-. The van der Waals surface area contributed by atoms with Gasteiger partial charge >= 0.3 is 0 Å². The monoisotopic (exact) mass is 700 g/mol. The number of pyridine rings is 1. The van der Waals surface area contributed by atoms with Gasteiger partial charge in [0, 0.05) is 57.6 Å². The van der Waals surface area contributed by atoms with Crippen molar-refractivity contribution in [3.63, 3.8) is 0 Å². The Morgan fingerprint density at radius 3 is 2.27 bits per heavy atom. The van der Waals surface area contributed by atoms with Crippen LogP contribution >= 0.6 is 0 Å². The first-order chi connectivity index (χ1) is 18.9. The van der Waals surface area contributed by atoms with Crippen LogP contribution in [0.2, 0.25) is 0 Å². The predicted octanol–water partition coefficient (Wildman–Crippen LogP) is 7.97. The summed E-state index contributed by atoms with van der Waals surface area (Å²) in [6.45, 7) is 6.62. The molecular weight excluding hydrogens is 671 g/mol. The van der Waals surface area contributed by atoms with Crippen LogP contribution in [-0.2, 0) is 33.5 Å². The summed E-state index contributed by atoms with van der Waals surface area (Å²) in [4.78, 5) is 4.74. The molecule has 40 heavy (non-hydrogen) atoms. The second-order valence-corrected chi connectivity index (χ2v) is 10.8. The van der Waals surface area contributed by atoms with Crippen LogP contribution in [-0.4, -0.2) is 18.7 Å². The maximum absolute atomic E-state index is 4.74. The fourth-order valence-electron chi connectivity index (χ4n) is 5.70. The SMILES string of the molecule is Cc1ccnc(-n2c3[c-]c(C(C)(C)c4[c-]c(-n5[cH+]n(C)c6ccccc65)ccc4)ccc3c3ccccc32)c1.[Pt]. The van der Waals surface area contributed by atoms with E-state index < -0.39 is 0 Å². The Morgan fingerprint density at radius 1 is 0.750 bits per heavy atom. The molecule has 0 saturated heterocycles. The number of imidazole rings is 1. The largest absolute Gasteiger partial charge is 0.319 e. The van der Waals surface area contributed by atoms with Crippen LogP contribution in [0.15, 0.2) is 104 Å². The number of benzene rings is 4. The maximum atomic E-state index is 4.74. The van der Waals surface area contributed by atoms with Crippen LogP contribution in [0.5, 0.6) is 0 Å². The van der Waals surface area contributed by atoms with Crippen molar-refractivity contribution >= 4 is 32.8 Å². The minimum Gasteiger partial charge on any atom is -0.319 e. The van der Waals surface area contributed by atoms with Crippen LogP contribution in [0.3, 0.4) is 0 Å².